The number of benzene rings is 2. The van der Waals surface area contributed by atoms with Crippen molar-refractivity contribution in [2.75, 3.05) is 6.54 Å². The van der Waals surface area contributed by atoms with E-state index in [9.17, 15) is 9.59 Å². The van der Waals surface area contributed by atoms with E-state index in [1.807, 2.05) is 36.1 Å². The van der Waals surface area contributed by atoms with Crippen molar-refractivity contribution in [2.24, 2.45) is 16.3 Å². The topological polar surface area (TPSA) is 61.8 Å². The molecule has 0 radical (unpaired) electrons. The Bertz CT molecular complexity index is 1140. The third-order valence-corrected chi connectivity index (χ3v) is 7.95. The van der Waals surface area contributed by atoms with Crippen molar-refractivity contribution in [2.45, 2.75) is 72.0 Å². The van der Waals surface area contributed by atoms with E-state index in [0.717, 1.165) is 37.7 Å². The number of aliphatic imine (C=N–C) groups is 1. The number of rotatable bonds is 6. The molecule has 5 nitrogen and oxygen atoms in total. The number of nitrogens with zero attached hydrogens (tertiary/aromatic N) is 2. The van der Waals surface area contributed by atoms with Crippen LogP contribution in [0.15, 0.2) is 47.5 Å². The second kappa shape index (κ2) is 10.5. The van der Waals surface area contributed by atoms with E-state index in [1.54, 1.807) is 18.2 Å². The van der Waals surface area contributed by atoms with Crippen LogP contribution in [-0.4, -0.2) is 34.6 Å². The van der Waals surface area contributed by atoms with E-state index in [2.05, 4.69) is 26.1 Å². The molecule has 2 amide bonds. The molecule has 0 aromatic heterocycles. The molecule has 0 atom stereocenters. The van der Waals surface area contributed by atoms with Crippen LogP contribution in [0.3, 0.4) is 0 Å². The normalized spacial score (nSPS) is 22.2. The van der Waals surface area contributed by atoms with Gasteiger partial charge in [-0.05, 0) is 79.3 Å². The SMILES string of the molecule is CCCNC(=O)c1ccc(CN2C(=O)C(c3cc(Cl)cc(Cl)c3)=NC23CCC(C(C)(C)C)CC3)cc1. The summed E-state index contributed by atoms with van der Waals surface area (Å²) < 4.78 is 0. The molecule has 1 aliphatic carbocycles. The Morgan fingerprint density at radius 1 is 1.08 bits per heavy atom. The Hall–Kier alpha value is -2.37. The summed E-state index contributed by atoms with van der Waals surface area (Å²) in [6.07, 6.45) is 4.54. The molecule has 1 N–H and O–H groups in total. The molecule has 1 heterocycles. The molecule has 4 rings (SSSR count). The van der Waals surface area contributed by atoms with E-state index in [-0.39, 0.29) is 17.2 Å². The molecule has 7 heteroatoms. The average Bonchev–Trinajstić information content (AvgIpc) is 3.08. The molecule has 0 saturated heterocycles. The highest BCUT2D eigenvalue weighted by atomic mass is 35.5. The van der Waals surface area contributed by atoms with Crippen molar-refractivity contribution in [3.63, 3.8) is 0 Å². The largest absolute Gasteiger partial charge is 0.352 e. The number of carbonyl (C=O) groups excluding carboxylic acids is 2. The lowest BCUT2D eigenvalue weighted by Gasteiger charge is -2.44. The highest BCUT2D eigenvalue weighted by Crippen LogP contribution is 2.47. The number of amides is 2. The standard InChI is InChI=1S/C29H35Cl2N3O2/c1-5-14-32-26(35)20-8-6-19(7-9-20)18-34-27(36)25(21-15-23(30)17-24(31)16-21)33-29(34)12-10-22(11-13-29)28(2,3)4/h6-9,15-17,22H,5,10-14,18H2,1-4H3,(H,32,35). The van der Waals surface area contributed by atoms with Crippen molar-refractivity contribution in [3.05, 3.63) is 69.2 Å². The second-order valence-corrected chi connectivity index (χ2v) is 12.0. The van der Waals surface area contributed by atoms with Crippen molar-refractivity contribution >= 4 is 40.7 Å². The summed E-state index contributed by atoms with van der Waals surface area (Å²) in [5.74, 6) is 0.397. The first-order valence-corrected chi connectivity index (χ1v) is 13.5. The van der Waals surface area contributed by atoms with Gasteiger partial charge in [0.2, 0.25) is 0 Å². The summed E-state index contributed by atoms with van der Waals surface area (Å²) >= 11 is 12.5. The molecule has 2 aliphatic rings. The molecule has 0 unspecified atom stereocenters. The van der Waals surface area contributed by atoms with Crippen LogP contribution in [0, 0.1) is 11.3 Å². The van der Waals surface area contributed by atoms with Crippen LogP contribution in [0.2, 0.25) is 10.0 Å². The molecule has 2 aromatic carbocycles. The Labute approximate surface area is 224 Å². The predicted octanol–water partition coefficient (Wildman–Crippen LogP) is 6.90. The molecule has 2 aromatic rings. The van der Waals surface area contributed by atoms with Gasteiger partial charge < -0.3 is 10.2 Å². The van der Waals surface area contributed by atoms with Gasteiger partial charge in [-0.15, -0.1) is 0 Å². The van der Waals surface area contributed by atoms with E-state index in [0.29, 0.717) is 45.9 Å². The van der Waals surface area contributed by atoms with Crippen molar-refractivity contribution in [3.8, 4) is 0 Å². The third-order valence-electron chi connectivity index (χ3n) is 7.51. The summed E-state index contributed by atoms with van der Waals surface area (Å²) in [5, 5.41) is 3.86. The predicted molar refractivity (Wildman–Crippen MR) is 147 cm³/mol. The highest BCUT2D eigenvalue weighted by molar-refractivity contribution is 6.47. The minimum atomic E-state index is -0.583. The van der Waals surface area contributed by atoms with Crippen molar-refractivity contribution < 1.29 is 9.59 Å². The smallest absolute Gasteiger partial charge is 0.274 e. The maximum absolute atomic E-state index is 13.8. The number of nitrogens with one attached hydrogen (secondary N) is 1. The van der Waals surface area contributed by atoms with Gasteiger partial charge in [0.25, 0.3) is 11.8 Å². The average molecular weight is 529 g/mol. The van der Waals surface area contributed by atoms with Crippen LogP contribution in [0.1, 0.15) is 81.3 Å². The Morgan fingerprint density at radius 3 is 2.25 bits per heavy atom. The molecule has 192 valence electrons. The molecular formula is C29H35Cl2N3O2. The molecule has 0 bridgehead atoms. The van der Waals surface area contributed by atoms with E-state index in [4.69, 9.17) is 28.2 Å². The molecule has 1 saturated carbocycles. The Balaban J connectivity index is 1.63. The van der Waals surface area contributed by atoms with Gasteiger partial charge >= 0.3 is 0 Å². The van der Waals surface area contributed by atoms with Gasteiger partial charge in [0, 0.05) is 34.3 Å². The first-order valence-electron chi connectivity index (χ1n) is 12.8. The van der Waals surface area contributed by atoms with Gasteiger partial charge in [-0.25, -0.2) is 0 Å². The fourth-order valence-corrected chi connectivity index (χ4v) is 5.87. The molecule has 36 heavy (non-hydrogen) atoms. The fraction of sp³-hybridized carbons (Fsp3) is 0.483. The lowest BCUT2D eigenvalue weighted by Crippen LogP contribution is -2.49. The molecule has 1 fully saturated rings. The first-order chi connectivity index (χ1) is 17.0. The minimum Gasteiger partial charge on any atom is -0.352 e. The maximum Gasteiger partial charge on any atom is 0.274 e. The van der Waals surface area contributed by atoms with Crippen LogP contribution in [-0.2, 0) is 11.3 Å². The lowest BCUT2D eigenvalue weighted by molar-refractivity contribution is -0.130. The van der Waals surface area contributed by atoms with Crippen molar-refractivity contribution in [1.82, 2.24) is 10.2 Å². The van der Waals surface area contributed by atoms with Crippen LogP contribution >= 0.6 is 23.2 Å². The third kappa shape index (κ3) is 5.63. The number of hydrogen-bond donors (Lipinski definition) is 1. The maximum atomic E-state index is 13.8. The van der Waals surface area contributed by atoms with E-state index in [1.165, 1.54) is 0 Å². The van der Waals surface area contributed by atoms with Gasteiger partial charge in [0.15, 0.2) is 0 Å². The van der Waals surface area contributed by atoms with E-state index >= 15 is 0 Å². The quantitative estimate of drug-likeness (QED) is 0.444. The van der Waals surface area contributed by atoms with Gasteiger partial charge in [0.1, 0.15) is 11.4 Å². The Kier molecular flexibility index (Phi) is 7.82. The monoisotopic (exact) mass is 527 g/mol. The number of halogens is 2. The number of hydrogen-bond acceptors (Lipinski definition) is 3. The van der Waals surface area contributed by atoms with Gasteiger partial charge in [-0.3, -0.25) is 14.6 Å². The lowest BCUT2D eigenvalue weighted by atomic mass is 9.69. The van der Waals surface area contributed by atoms with Gasteiger partial charge in [-0.1, -0.05) is 63.0 Å². The summed E-state index contributed by atoms with van der Waals surface area (Å²) in [5.41, 5.74) is 2.29. The Morgan fingerprint density at radius 2 is 1.69 bits per heavy atom. The van der Waals surface area contributed by atoms with Crippen LogP contribution in [0.4, 0.5) is 0 Å². The highest BCUT2D eigenvalue weighted by Gasteiger charge is 2.50. The van der Waals surface area contributed by atoms with Gasteiger partial charge in [0.05, 0.1) is 0 Å². The van der Waals surface area contributed by atoms with Gasteiger partial charge in [-0.2, -0.15) is 0 Å². The van der Waals surface area contributed by atoms with Crippen molar-refractivity contribution in [1.29, 1.82) is 0 Å². The van der Waals surface area contributed by atoms with Crippen LogP contribution in [0.5, 0.6) is 0 Å². The summed E-state index contributed by atoms with van der Waals surface area (Å²) in [7, 11) is 0. The minimum absolute atomic E-state index is 0.0823. The summed E-state index contributed by atoms with van der Waals surface area (Å²) in [4.78, 5) is 33.1. The fourth-order valence-electron chi connectivity index (χ4n) is 5.34. The van der Waals surface area contributed by atoms with E-state index < -0.39 is 5.66 Å². The summed E-state index contributed by atoms with van der Waals surface area (Å²) in [6, 6.07) is 12.7. The zero-order valence-electron chi connectivity index (χ0n) is 21.5. The molecule has 1 spiro atoms. The van der Waals surface area contributed by atoms with Crippen LogP contribution in [0.25, 0.3) is 0 Å². The zero-order valence-corrected chi connectivity index (χ0v) is 23.0. The first kappa shape index (κ1) is 26.7. The number of carbonyl (C=O) groups is 2. The molecule has 1 aliphatic heterocycles. The second-order valence-electron chi connectivity index (χ2n) is 11.1. The molecular weight excluding hydrogens is 493 g/mol. The van der Waals surface area contributed by atoms with Crippen LogP contribution < -0.4 is 5.32 Å². The summed E-state index contributed by atoms with van der Waals surface area (Å²) in [6.45, 7) is 9.96. The zero-order chi connectivity index (χ0) is 26.1.